The molecule has 0 spiro atoms. The van der Waals surface area contributed by atoms with Crippen molar-refractivity contribution in [2.75, 3.05) is 41.5 Å². The van der Waals surface area contributed by atoms with Crippen LogP contribution in [0.4, 0.5) is 0 Å². The molecule has 102 valence electrons. The highest BCUT2D eigenvalue weighted by atomic mass is 16.5. The van der Waals surface area contributed by atoms with Crippen LogP contribution in [0.15, 0.2) is 12.1 Å². The second-order valence-electron chi connectivity index (χ2n) is 4.18. The molecule has 18 heavy (non-hydrogen) atoms. The summed E-state index contributed by atoms with van der Waals surface area (Å²) in [5.74, 6) is 2.07. The zero-order valence-corrected chi connectivity index (χ0v) is 11.9. The molecule has 0 bridgehead atoms. The third kappa shape index (κ3) is 3.53. The predicted molar refractivity (Wildman–Crippen MR) is 73.0 cm³/mol. The van der Waals surface area contributed by atoms with E-state index in [9.17, 15) is 0 Å². The second-order valence-corrected chi connectivity index (χ2v) is 4.18. The number of nitrogens with zero attached hydrogens (tertiary/aromatic N) is 1. The third-order valence-corrected chi connectivity index (χ3v) is 3.05. The van der Waals surface area contributed by atoms with Crippen molar-refractivity contribution in [3.63, 3.8) is 0 Å². The third-order valence-electron chi connectivity index (χ3n) is 3.05. The van der Waals surface area contributed by atoms with Crippen molar-refractivity contribution in [1.82, 2.24) is 4.90 Å². The van der Waals surface area contributed by atoms with E-state index >= 15 is 0 Å². The average Bonchev–Trinajstić information content (AvgIpc) is 2.43. The maximum Gasteiger partial charge on any atom is 0.203 e. The molecular weight excluding hydrogens is 230 g/mol. The van der Waals surface area contributed by atoms with E-state index in [0.717, 1.165) is 19.5 Å². The summed E-state index contributed by atoms with van der Waals surface area (Å²) in [5, 5.41) is 0. The van der Waals surface area contributed by atoms with E-state index in [4.69, 9.17) is 14.2 Å². The SMILES string of the molecule is CCN(C)CCc1cc(OC)c(OC)c(OC)c1. The first-order valence-corrected chi connectivity index (χ1v) is 6.13. The lowest BCUT2D eigenvalue weighted by Gasteiger charge is -2.16. The lowest BCUT2D eigenvalue weighted by molar-refractivity contribution is 0.322. The molecule has 0 aromatic heterocycles. The summed E-state index contributed by atoms with van der Waals surface area (Å²) in [6.45, 7) is 4.20. The summed E-state index contributed by atoms with van der Waals surface area (Å²) in [6.07, 6.45) is 0.959. The molecular formula is C14H23NO3. The van der Waals surface area contributed by atoms with Crippen molar-refractivity contribution in [2.45, 2.75) is 13.3 Å². The summed E-state index contributed by atoms with van der Waals surface area (Å²) in [7, 11) is 7.00. The Morgan fingerprint density at radius 3 is 1.94 bits per heavy atom. The number of likely N-dealkylation sites (N-methyl/N-ethyl adjacent to an activating group) is 1. The quantitative estimate of drug-likeness (QED) is 0.745. The van der Waals surface area contributed by atoms with E-state index in [1.165, 1.54) is 5.56 Å². The van der Waals surface area contributed by atoms with Crippen LogP contribution in [0.25, 0.3) is 0 Å². The molecule has 0 radical (unpaired) electrons. The zero-order chi connectivity index (χ0) is 13.5. The van der Waals surface area contributed by atoms with Crippen molar-refractivity contribution >= 4 is 0 Å². The number of hydrogen-bond donors (Lipinski definition) is 0. The van der Waals surface area contributed by atoms with E-state index in [0.29, 0.717) is 17.2 Å². The van der Waals surface area contributed by atoms with Gasteiger partial charge in [0.2, 0.25) is 5.75 Å². The molecule has 0 atom stereocenters. The molecule has 0 aliphatic heterocycles. The molecule has 0 aliphatic carbocycles. The molecule has 0 fully saturated rings. The van der Waals surface area contributed by atoms with Gasteiger partial charge in [0, 0.05) is 6.54 Å². The Morgan fingerprint density at radius 2 is 1.56 bits per heavy atom. The monoisotopic (exact) mass is 253 g/mol. The largest absolute Gasteiger partial charge is 0.493 e. The topological polar surface area (TPSA) is 30.9 Å². The molecule has 0 unspecified atom stereocenters. The fourth-order valence-electron chi connectivity index (χ4n) is 1.76. The summed E-state index contributed by atoms with van der Waals surface area (Å²) in [5.41, 5.74) is 1.19. The van der Waals surface area contributed by atoms with Gasteiger partial charge in [-0.3, -0.25) is 0 Å². The van der Waals surface area contributed by atoms with E-state index in [-0.39, 0.29) is 0 Å². The van der Waals surface area contributed by atoms with Gasteiger partial charge in [-0.1, -0.05) is 6.92 Å². The van der Waals surface area contributed by atoms with Crippen LogP contribution in [0.3, 0.4) is 0 Å². The Morgan fingerprint density at radius 1 is 1.00 bits per heavy atom. The maximum absolute atomic E-state index is 5.33. The second kappa shape index (κ2) is 7.11. The minimum absolute atomic E-state index is 0.646. The van der Waals surface area contributed by atoms with Crippen LogP contribution in [0.1, 0.15) is 12.5 Å². The van der Waals surface area contributed by atoms with Gasteiger partial charge in [-0.25, -0.2) is 0 Å². The van der Waals surface area contributed by atoms with Gasteiger partial charge in [-0.15, -0.1) is 0 Å². The first-order valence-electron chi connectivity index (χ1n) is 6.13. The van der Waals surface area contributed by atoms with Gasteiger partial charge < -0.3 is 19.1 Å². The number of rotatable bonds is 7. The summed E-state index contributed by atoms with van der Waals surface area (Å²) in [4.78, 5) is 2.27. The summed E-state index contributed by atoms with van der Waals surface area (Å²) in [6, 6.07) is 4.01. The van der Waals surface area contributed by atoms with Crippen LogP contribution in [0.5, 0.6) is 17.2 Å². The highest BCUT2D eigenvalue weighted by molar-refractivity contribution is 5.53. The number of methoxy groups -OCH3 is 3. The Hall–Kier alpha value is -1.42. The molecule has 1 rings (SSSR count). The van der Waals surface area contributed by atoms with Crippen molar-refractivity contribution in [2.24, 2.45) is 0 Å². The Labute approximate surface area is 109 Å². The normalized spacial score (nSPS) is 10.6. The first kappa shape index (κ1) is 14.6. The highest BCUT2D eigenvalue weighted by Crippen LogP contribution is 2.38. The predicted octanol–water partition coefficient (Wildman–Crippen LogP) is 2.21. The molecule has 0 saturated heterocycles. The van der Waals surface area contributed by atoms with Gasteiger partial charge in [-0.2, -0.15) is 0 Å². The van der Waals surface area contributed by atoms with Crippen LogP contribution in [-0.4, -0.2) is 46.4 Å². The number of ether oxygens (including phenoxy) is 3. The minimum Gasteiger partial charge on any atom is -0.493 e. The van der Waals surface area contributed by atoms with E-state index in [1.807, 2.05) is 12.1 Å². The molecule has 4 nitrogen and oxygen atoms in total. The first-order chi connectivity index (χ1) is 8.65. The maximum atomic E-state index is 5.33. The fraction of sp³-hybridized carbons (Fsp3) is 0.571. The number of hydrogen-bond acceptors (Lipinski definition) is 4. The van der Waals surface area contributed by atoms with Crippen LogP contribution >= 0.6 is 0 Å². The summed E-state index contributed by atoms with van der Waals surface area (Å²) < 4.78 is 16.0. The van der Waals surface area contributed by atoms with Crippen LogP contribution in [0, 0.1) is 0 Å². The van der Waals surface area contributed by atoms with Gasteiger partial charge >= 0.3 is 0 Å². The van der Waals surface area contributed by atoms with Crippen molar-refractivity contribution in [3.05, 3.63) is 17.7 Å². The number of benzene rings is 1. The standard InChI is InChI=1S/C14H23NO3/c1-6-15(2)8-7-11-9-12(16-3)14(18-5)13(10-11)17-4/h9-10H,6-8H2,1-5H3. The van der Waals surface area contributed by atoms with Gasteiger partial charge in [0.1, 0.15) is 0 Å². The molecule has 4 heteroatoms. The highest BCUT2D eigenvalue weighted by Gasteiger charge is 2.13. The smallest absolute Gasteiger partial charge is 0.203 e. The minimum atomic E-state index is 0.646. The lowest BCUT2D eigenvalue weighted by Crippen LogP contribution is -2.20. The molecule has 1 aromatic carbocycles. The summed E-state index contributed by atoms with van der Waals surface area (Å²) >= 11 is 0. The van der Waals surface area contributed by atoms with E-state index < -0.39 is 0 Å². The molecule has 0 heterocycles. The lowest BCUT2D eigenvalue weighted by atomic mass is 10.1. The average molecular weight is 253 g/mol. The fourth-order valence-corrected chi connectivity index (χ4v) is 1.76. The molecule has 0 aliphatic rings. The Kier molecular flexibility index (Phi) is 5.78. The van der Waals surface area contributed by atoms with Crippen molar-refractivity contribution < 1.29 is 14.2 Å². The molecule has 0 saturated carbocycles. The van der Waals surface area contributed by atoms with Gasteiger partial charge in [-0.05, 0) is 37.7 Å². The van der Waals surface area contributed by atoms with E-state index in [1.54, 1.807) is 21.3 Å². The zero-order valence-electron chi connectivity index (χ0n) is 11.9. The van der Waals surface area contributed by atoms with E-state index in [2.05, 4.69) is 18.9 Å². The van der Waals surface area contributed by atoms with Crippen LogP contribution < -0.4 is 14.2 Å². The Bertz CT molecular complexity index is 354. The molecule has 1 aromatic rings. The van der Waals surface area contributed by atoms with Crippen LogP contribution in [-0.2, 0) is 6.42 Å². The van der Waals surface area contributed by atoms with Gasteiger partial charge in [0.15, 0.2) is 11.5 Å². The van der Waals surface area contributed by atoms with Crippen molar-refractivity contribution in [3.8, 4) is 17.2 Å². The van der Waals surface area contributed by atoms with Gasteiger partial charge in [0.25, 0.3) is 0 Å². The van der Waals surface area contributed by atoms with Crippen LogP contribution in [0.2, 0.25) is 0 Å². The molecule has 0 amide bonds. The van der Waals surface area contributed by atoms with Crippen molar-refractivity contribution in [1.29, 1.82) is 0 Å². The Balaban J connectivity index is 2.93. The van der Waals surface area contributed by atoms with Gasteiger partial charge in [0.05, 0.1) is 21.3 Å². The molecule has 0 N–H and O–H groups in total.